The number of halogens is 1. The minimum absolute atomic E-state index is 0. The van der Waals surface area contributed by atoms with Crippen LogP contribution in [0.4, 0.5) is 0 Å². The Bertz CT molecular complexity index is 628. The van der Waals surface area contributed by atoms with Crippen LogP contribution in [0.25, 0.3) is 0 Å². The highest BCUT2D eigenvalue weighted by atomic mass is 127. The van der Waals surface area contributed by atoms with E-state index in [1.54, 1.807) is 21.3 Å². The quantitative estimate of drug-likeness (QED) is 0.305. The topological polar surface area (TPSA) is 67.4 Å². The fourth-order valence-electron chi connectivity index (χ4n) is 3.48. The van der Waals surface area contributed by atoms with Crippen molar-refractivity contribution in [2.45, 2.75) is 39.3 Å². The number of likely N-dealkylation sites (N-methyl/N-ethyl adjacent to an activating group) is 1. The predicted molar refractivity (Wildman–Crippen MR) is 125 cm³/mol. The first-order valence-electron chi connectivity index (χ1n) is 9.71. The summed E-state index contributed by atoms with van der Waals surface area (Å²) < 4.78 is 16.2. The highest BCUT2D eigenvalue weighted by Crippen LogP contribution is 2.34. The van der Waals surface area contributed by atoms with E-state index in [2.05, 4.69) is 29.4 Å². The standard InChI is InChI=1S/C20H34N4O3.HI/c1-6-21-20(23-14-16-9-8-10-24(16)7-2)22-13-15-11-18(26-4)19(27-5)12-17(15)25-3;/h11-12,16H,6-10,13-14H2,1-5H3,(H2,21,22,23);1H. The minimum atomic E-state index is 0. The molecule has 0 radical (unpaired) electrons. The van der Waals surface area contributed by atoms with Crippen LogP contribution in [-0.2, 0) is 6.54 Å². The molecule has 1 aliphatic rings. The molecule has 1 saturated heterocycles. The summed E-state index contributed by atoms with van der Waals surface area (Å²) in [6, 6.07) is 4.33. The van der Waals surface area contributed by atoms with Crippen LogP contribution in [-0.4, -0.2) is 64.4 Å². The molecular formula is C20H35IN4O3. The maximum Gasteiger partial charge on any atom is 0.191 e. The van der Waals surface area contributed by atoms with Crippen LogP contribution in [0.15, 0.2) is 17.1 Å². The normalized spacial score (nSPS) is 17.0. The van der Waals surface area contributed by atoms with Crippen molar-refractivity contribution in [3.05, 3.63) is 17.7 Å². The van der Waals surface area contributed by atoms with Gasteiger partial charge in [0.2, 0.25) is 0 Å². The molecule has 2 rings (SSSR count). The molecule has 1 unspecified atom stereocenters. The molecule has 1 fully saturated rings. The third-order valence-corrected chi connectivity index (χ3v) is 4.95. The average molecular weight is 506 g/mol. The molecule has 1 heterocycles. The molecule has 1 aliphatic heterocycles. The Hall–Kier alpha value is -1.42. The molecule has 160 valence electrons. The summed E-state index contributed by atoms with van der Waals surface area (Å²) in [6.45, 7) is 8.80. The zero-order chi connectivity index (χ0) is 19.6. The van der Waals surface area contributed by atoms with E-state index < -0.39 is 0 Å². The number of likely N-dealkylation sites (tertiary alicyclic amines) is 1. The van der Waals surface area contributed by atoms with Crippen LogP contribution in [0.3, 0.4) is 0 Å². The second-order valence-electron chi connectivity index (χ2n) is 6.52. The van der Waals surface area contributed by atoms with E-state index in [-0.39, 0.29) is 24.0 Å². The van der Waals surface area contributed by atoms with Crippen molar-refractivity contribution >= 4 is 29.9 Å². The Labute approximate surface area is 186 Å². The van der Waals surface area contributed by atoms with Gasteiger partial charge in [-0.3, -0.25) is 4.90 Å². The Morgan fingerprint density at radius 3 is 2.36 bits per heavy atom. The first-order chi connectivity index (χ1) is 13.2. The lowest BCUT2D eigenvalue weighted by Gasteiger charge is -2.24. The van der Waals surface area contributed by atoms with Crippen LogP contribution < -0.4 is 24.8 Å². The third kappa shape index (κ3) is 6.58. The van der Waals surface area contributed by atoms with Crippen LogP contribution in [0.5, 0.6) is 17.2 Å². The van der Waals surface area contributed by atoms with E-state index in [1.807, 2.05) is 12.1 Å². The van der Waals surface area contributed by atoms with Crippen molar-refractivity contribution in [3.63, 3.8) is 0 Å². The van der Waals surface area contributed by atoms with E-state index in [0.29, 0.717) is 24.1 Å². The number of ether oxygens (including phenoxy) is 3. The summed E-state index contributed by atoms with van der Waals surface area (Å²) in [4.78, 5) is 7.26. The van der Waals surface area contributed by atoms with Crippen LogP contribution >= 0.6 is 24.0 Å². The van der Waals surface area contributed by atoms with Gasteiger partial charge in [-0.25, -0.2) is 4.99 Å². The number of methoxy groups -OCH3 is 3. The lowest BCUT2D eigenvalue weighted by molar-refractivity contribution is 0.267. The molecule has 2 N–H and O–H groups in total. The molecule has 0 amide bonds. The summed E-state index contributed by atoms with van der Waals surface area (Å²) >= 11 is 0. The van der Waals surface area contributed by atoms with Gasteiger partial charge in [0.25, 0.3) is 0 Å². The molecule has 1 atom stereocenters. The largest absolute Gasteiger partial charge is 0.496 e. The van der Waals surface area contributed by atoms with E-state index in [0.717, 1.165) is 36.9 Å². The van der Waals surface area contributed by atoms with Crippen LogP contribution in [0, 0.1) is 0 Å². The lowest BCUT2D eigenvalue weighted by Crippen LogP contribution is -2.44. The summed E-state index contributed by atoms with van der Waals surface area (Å²) in [7, 11) is 4.90. The number of nitrogens with one attached hydrogen (secondary N) is 2. The molecule has 1 aromatic rings. The lowest BCUT2D eigenvalue weighted by atomic mass is 10.1. The molecule has 8 heteroatoms. The molecule has 28 heavy (non-hydrogen) atoms. The maximum absolute atomic E-state index is 5.50. The number of aliphatic imine (C=N–C) groups is 1. The number of guanidine groups is 1. The molecule has 1 aromatic carbocycles. The van der Waals surface area contributed by atoms with Gasteiger partial charge in [-0.1, -0.05) is 6.92 Å². The number of benzene rings is 1. The van der Waals surface area contributed by atoms with Gasteiger partial charge in [0.05, 0.1) is 27.9 Å². The summed E-state index contributed by atoms with van der Waals surface area (Å²) in [6.07, 6.45) is 2.51. The van der Waals surface area contributed by atoms with Gasteiger partial charge in [-0.2, -0.15) is 0 Å². The molecular weight excluding hydrogens is 471 g/mol. The first-order valence-corrected chi connectivity index (χ1v) is 9.71. The Kier molecular flexibility index (Phi) is 11.4. The Morgan fingerprint density at radius 2 is 1.75 bits per heavy atom. The Balaban J connectivity index is 0.00000392. The van der Waals surface area contributed by atoms with Crippen molar-refractivity contribution in [2.75, 3.05) is 47.5 Å². The van der Waals surface area contributed by atoms with Crippen molar-refractivity contribution in [1.29, 1.82) is 0 Å². The van der Waals surface area contributed by atoms with Gasteiger partial charge >= 0.3 is 0 Å². The zero-order valence-electron chi connectivity index (χ0n) is 17.7. The van der Waals surface area contributed by atoms with E-state index in [9.17, 15) is 0 Å². The van der Waals surface area contributed by atoms with Crippen molar-refractivity contribution < 1.29 is 14.2 Å². The van der Waals surface area contributed by atoms with E-state index in [4.69, 9.17) is 19.2 Å². The van der Waals surface area contributed by atoms with Gasteiger partial charge in [-0.05, 0) is 38.9 Å². The fraction of sp³-hybridized carbons (Fsp3) is 0.650. The van der Waals surface area contributed by atoms with Gasteiger partial charge < -0.3 is 24.8 Å². The smallest absolute Gasteiger partial charge is 0.191 e. The number of rotatable bonds is 9. The highest BCUT2D eigenvalue weighted by molar-refractivity contribution is 14.0. The SMILES string of the molecule is CCNC(=NCc1cc(OC)c(OC)cc1OC)NCC1CCCN1CC.I. The molecule has 0 aliphatic carbocycles. The summed E-state index contributed by atoms with van der Waals surface area (Å²) in [5.74, 6) is 2.87. The fourth-order valence-corrected chi connectivity index (χ4v) is 3.48. The monoisotopic (exact) mass is 506 g/mol. The van der Waals surface area contributed by atoms with Gasteiger partial charge in [0.15, 0.2) is 17.5 Å². The minimum Gasteiger partial charge on any atom is -0.496 e. The number of nitrogens with zero attached hydrogens (tertiary/aromatic N) is 2. The van der Waals surface area contributed by atoms with Crippen molar-refractivity contribution in [1.82, 2.24) is 15.5 Å². The molecule has 0 spiro atoms. The summed E-state index contributed by atoms with van der Waals surface area (Å²) in [5, 5.41) is 6.81. The number of hydrogen-bond acceptors (Lipinski definition) is 5. The summed E-state index contributed by atoms with van der Waals surface area (Å²) in [5.41, 5.74) is 0.948. The van der Waals surface area contributed by atoms with Crippen LogP contribution in [0.1, 0.15) is 32.3 Å². The Morgan fingerprint density at radius 1 is 1.07 bits per heavy atom. The average Bonchev–Trinajstić information content (AvgIpc) is 3.16. The van der Waals surface area contributed by atoms with E-state index in [1.165, 1.54) is 19.4 Å². The van der Waals surface area contributed by atoms with Gasteiger partial charge in [0, 0.05) is 30.8 Å². The number of hydrogen-bond donors (Lipinski definition) is 2. The molecule has 0 saturated carbocycles. The molecule has 0 bridgehead atoms. The van der Waals surface area contributed by atoms with Gasteiger partial charge in [-0.15, -0.1) is 24.0 Å². The third-order valence-electron chi connectivity index (χ3n) is 4.95. The maximum atomic E-state index is 5.50. The second-order valence-corrected chi connectivity index (χ2v) is 6.52. The molecule has 7 nitrogen and oxygen atoms in total. The van der Waals surface area contributed by atoms with Gasteiger partial charge in [0.1, 0.15) is 5.75 Å². The highest BCUT2D eigenvalue weighted by Gasteiger charge is 2.22. The molecule has 0 aromatic heterocycles. The van der Waals surface area contributed by atoms with Crippen molar-refractivity contribution in [2.24, 2.45) is 4.99 Å². The second kappa shape index (κ2) is 12.9. The van der Waals surface area contributed by atoms with Crippen LogP contribution in [0.2, 0.25) is 0 Å². The van der Waals surface area contributed by atoms with E-state index >= 15 is 0 Å². The predicted octanol–water partition coefficient (Wildman–Crippen LogP) is 2.87. The first kappa shape index (κ1) is 24.6. The van der Waals surface area contributed by atoms with Crippen molar-refractivity contribution in [3.8, 4) is 17.2 Å². The zero-order valence-corrected chi connectivity index (χ0v) is 20.0.